The van der Waals surface area contributed by atoms with Gasteiger partial charge in [-0.2, -0.15) is 0 Å². The predicted molar refractivity (Wildman–Crippen MR) is 63.9 cm³/mol. The van der Waals surface area contributed by atoms with Crippen LogP contribution in [0.2, 0.25) is 0 Å². The molecule has 0 bridgehead atoms. The molecule has 7 heteroatoms. The number of pyridine rings is 1. The van der Waals surface area contributed by atoms with Crippen LogP contribution in [0.4, 0.5) is 9.18 Å². The number of hydrogen-bond acceptors (Lipinski definition) is 4. The maximum Gasteiger partial charge on any atom is 0.408 e. The molecule has 0 radical (unpaired) electrons. The van der Waals surface area contributed by atoms with Crippen molar-refractivity contribution in [2.45, 2.75) is 32.4 Å². The van der Waals surface area contributed by atoms with Gasteiger partial charge in [-0.1, -0.05) is 0 Å². The third kappa shape index (κ3) is 4.90. The Bertz CT molecular complexity index is 468. The van der Waals surface area contributed by atoms with Crippen molar-refractivity contribution in [2.24, 2.45) is 0 Å². The number of rotatable bonds is 3. The number of nitrogens with zero attached hydrogens (tertiary/aromatic N) is 1. The van der Waals surface area contributed by atoms with Crippen molar-refractivity contribution >= 4 is 12.1 Å². The van der Waals surface area contributed by atoms with E-state index >= 15 is 0 Å². The zero-order chi connectivity index (χ0) is 14.6. The number of nitrogens with one attached hydrogen (secondary N) is 1. The number of alkyl carbamates (subject to hydrolysis) is 1. The fraction of sp³-hybridized carbons (Fsp3) is 0.417. The Kier molecular flexibility index (Phi) is 4.42. The second-order valence-electron chi connectivity index (χ2n) is 4.82. The number of aromatic nitrogens is 1. The molecule has 0 aromatic carbocycles. The number of aliphatic carboxylic acids is 1. The van der Waals surface area contributed by atoms with E-state index in [9.17, 15) is 14.0 Å². The Morgan fingerprint density at radius 1 is 1.42 bits per heavy atom. The molecule has 1 heterocycles. The summed E-state index contributed by atoms with van der Waals surface area (Å²) >= 11 is 0. The summed E-state index contributed by atoms with van der Waals surface area (Å²) in [5.74, 6) is -1.91. The lowest BCUT2D eigenvalue weighted by Gasteiger charge is -2.21. The molecule has 6 nitrogen and oxygen atoms in total. The Balaban J connectivity index is 2.82. The molecule has 0 aliphatic carbocycles. The van der Waals surface area contributed by atoms with Crippen LogP contribution < -0.4 is 5.32 Å². The van der Waals surface area contributed by atoms with Gasteiger partial charge in [0.15, 0.2) is 6.04 Å². The van der Waals surface area contributed by atoms with Gasteiger partial charge in [-0.25, -0.2) is 14.0 Å². The average Bonchev–Trinajstić information content (AvgIpc) is 2.24. The molecule has 1 atom stereocenters. The first-order valence-electron chi connectivity index (χ1n) is 5.53. The first-order chi connectivity index (χ1) is 8.69. The summed E-state index contributed by atoms with van der Waals surface area (Å²) in [4.78, 5) is 26.2. The number of hydrogen-bond donors (Lipinski definition) is 2. The van der Waals surface area contributed by atoms with Gasteiger partial charge in [0.05, 0.1) is 11.9 Å². The van der Waals surface area contributed by atoms with Crippen LogP contribution in [0, 0.1) is 5.82 Å². The molecule has 0 saturated carbocycles. The van der Waals surface area contributed by atoms with Crippen molar-refractivity contribution < 1.29 is 23.8 Å². The summed E-state index contributed by atoms with van der Waals surface area (Å²) in [5, 5.41) is 11.2. The van der Waals surface area contributed by atoms with Gasteiger partial charge >= 0.3 is 12.1 Å². The highest BCUT2D eigenvalue weighted by Crippen LogP contribution is 2.13. The van der Waals surface area contributed by atoms with Gasteiger partial charge in [0.2, 0.25) is 0 Å². The summed E-state index contributed by atoms with van der Waals surface area (Å²) in [6.45, 7) is 4.95. The van der Waals surface area contributed by atoms with Gasteiger partial charge in [0, 0.05) is 0 Å². The van der Waals surface area contributed by atoms with E-state index in [1.54, 1.807) is 20.8 Å². The summed E-state index contributed by atoms with van der Waals surface area (Å²) in [6.07, 6.45) is -0.00628. The highest BCUT2D eigenvalue weighted by molar-refractivity contribution is 5.80. The summed E-state index contributed by atoms with van der Waals surface area (Å²) in [7, 11) is 0. The Hall–Kier alpha value is -2.18. The number of ether oxygens (including phenoxy) is 1. The van der Waals surface area contributed by atoms with Gasteiger partial charge in [-0.3, -0.25) is 4.98 Å². The van der Waals surface area contributed by atoms with E-state index < -0.39 is 29.5 Å². The van der Waals surface area contributed by atoms with Gasteiger partial charge in [-0.05, 0) is 32.9 Å². The zero-order valence-electron chi connectivity index (χ0n) is 10.8. The molecule has 1 rings (SSSR count). The molecule has 0 saturated heterocycles. The zero-order valence-corrected chi connectivity index (χ0v) is 10.8. The Labute approximate surface area is 109 Å². The Morgan fingerprint density at radius 3 is 2.47 bits per heavy atom. The fourth-order valence-electron chi connectivity index (χ4n) is 1.25. The monoisotopic (exact) mass is 270 g/mol. The molecule has 1 amide bonds. The van der Waals surface area contributed by atoms with Crippen LogP contribution in [0.3, 0.4) is 0 Å². The van der Waals surface area contributed by atoms with E-state index in [0.29, 0.717) is 0 Å². The molecule has 1 aromatic heterocycles. The third-order valence-electron chi connectivity index (χ3n) is 1.95. The topological polar surface area (TPSA) is 88.5 Å². The SMILES string of the molecule is CC(C)(C)OC(=O)NC(C(=O)O)c1ccc(F)cn1. The summed E-state index contributed by atoms with van der Waals surface area (Å²) in [6, 6.07) is 0.857. The molecule has 2 N–H and O–H groups in total. The van der Waals surface area contributed by atoms with E-state index in [1.165, 1.54) is 6.07 Å². The lowest BCUT2D eigenvalue weighted by Crippen LogP contribution is -2.38. The normalized spacial score (nSPS) is 12.6. The summed E-state index contributed by atoms with van der Waals surface area (Å²) < 4.78 is 17.7. The fourth-order valence-corrected chi connectivity index (χ4v) is 1.25. The van der Waals surface area contributed by atoms with Crippen molar-refractivity contribution in [3.63, 3.8) is 0 Å². The van der Waals surface area contributed by atoms with Crippen molar-refractivity contribution in [1.82, 2.24) is 10.3 Å². The second-order valence-corrected chi connectivity index (χ2v) is 4.82. The van der Waals surface area contributed by atoms with E-state index in [0.717, 1.165) is 12.3 Å². The molecule has 0 aliphatic heterocycles. The van der Waals surface area contributed by atoms with Crippen LogP contribution >= 0.6 is 0 Å². The Morgan fingerprint density at radius 2 is 2.05 bits per heavy atom. The molecule has 0 spiro atoms. The van der Waals surface area contributed by atoms with Crippen molar-refractivity contribution in [1.29, 1.82) is 0 Å². The molecule has 0 aliphatic rings. The van der Waals surface area contributed by atoms with Crippen LogP contribution in [-0.4, -0.2) is 27.8 Å². The van der Waals surface area contributed by atoms with Crippen LogP contribution in [0.1, 0.15) is 32.5 Å². The number of amides is 1. The number of carboxylic acid groups (broad SMARTS) is 1. The number of halogens is 1. The van der Waals surface area contributed by atoms with Gasteiger partial charge in [-0.15, -0.1) is 0 Å². The maximum absolute atomic E-state index is 12.7. The third-order valence-corrected chi connectivity index (χ3v) is 1.95. The highest BCUT2D eigenvalue weighted by atomic mass is 19.1. The van der Waals surface area contributed by atoms with Crippen LogP contribution in [-0.2, 0) is 9.53 Å². The van der Waals surface area contributed by atoms with Crippen molar-refractivity contribution in [3.05, 3.63) is 29.8 Å². The highest BCUT2D eigenvalue weighted by Gasteiger charge is 2.26. The molecule has 104 valence electrons. The van der Waals surface area contributed by atoms with Gasteiger partial charge < -0.3 is 15.2 Å². The van der Waals surface area contributed by atoms with Crippen molar-refractivity contribution in [2.75, 3.05) is 0 Å². The number of carbonyl (C=O) groups excluding carboxylic acids is 1. The van der Waals surface area contributed by atoms with Gasteiger partial charge in [0.1, 0.15) is 11.4 Å². The van der Waals surface area contributed by atoms with Crippen LogP contribution in [0.5, 0.6) is 0 Å². The van der Waals surface area contributed by atoms with Crippen LogP contribution in [0.25, 0.3) is 0 Å². The molecule has 1 unspecified atom stereocenters. The molecule has 19 heavy (non-hydrogen) atoms. The minimum absolute atomic E-state index is 0.0137. The lowest BCUT2D eigenvalue weighted by atomic mass is 10.2. The number of carbonyl (C=O) groups is 2. The summed E-state index contributed by atoms with van der Waals surface area (Å²) in [5.41, 5.74) is -0.733. The minimum Gasteiger partial charge on any atom is -0.479 e. The van der Waals surface area contributed by atoms with E-state index in [4.69, 9.17) is 9.84 Å². The molecular formula is C12H15FN2O4. The van der Waals surface area contributed by atoms with E-state index in [1.807, 2.05) is 0 Å². The average molecular weight is 270 g/mol. The number of carboxylic acids is 1. The van der Waals surface area contributed by atoms with E-state index in [2.05, 4.69) is 10.3 Å². The standard InChI is InChI=1S/C12H15FN2O4/c1-12(2,3)19-11(18)15-9(10(16)17)8-5-4-7(13)6-14-8/h4-6,9H,1-3H3,(H,15,18)(H,16,17). The quantitative estimate of drug-likeness (QED) is 0.875. The maximum atomic E-state index is 12.7. The van der Waals surface area contributed by atoms with E-state index in [-0.39, 0.29) is 5.69 Å². The predicted octanol–water partition coefficient (Wildman–Crippen LogP) is 1.87. The first kappa shape index (κ1) is 14.9. The second kappa shape index (κ2) is 5.64. The van der Waals surface area contributed by atoms with Gasteiger partial charge in [0.25, 0.3) is 0 Å². The molecule has 1 aromatic rings. The largest absolute Gasteiger partial charge is 0.479 e. The van der Waals surface area contributed by atoms with Crippen molar-refractivity contribution in [3.8, 4) is 0 Å². The van der Waals surface area contributed by atoms with Crippen LogP contribution in [0.15, 0.2) is 18.3 Å². The lowest BCUT2D eigenvalue weighted by molar-refractivity contribution is -0.139. The molecule has 0 fully saturated rings. The first-order valence-corrected chi connectivity index (χ1v) is 5.53. The smallest absolute Gasteiger partial charge is 0.408 e. The minimum atomic E-state index is -1.39. The molecular weight excluding hydrogens is 255 g/mol.